The molecule has 4 rings (SSSR count). The highest BCUT2D eigenvalue weighted by atomic mass is 32.2. The van der Waals surface area contributed by atoms with Gasteiger partial charge in [-0.2, -0.15) is 0 Å². The first-order chi connectivity index (χ1) is 14.5. The highest BCUT2D eigenvalue weighted by Gasteiger charge is 2.29. The van der Waals surface area contributed by atoms with E-state index in [1.165, 1.54) is 23.2 Å². The summed E-state index contributed by atoms with van der Waals surface area (Å²) in [5.74, 6) is -0.268. The lowest BCUT2D eigenvalue weighted by atomic mass is 10.2. The maximum absolute atomic E-state index is 13.7. The number of fused-ring (bicyclic) bond motifs is 1. The van der Waals surface area contributed by atoms with Crippen LogP contribution in [-0.2, 0) is 25.9 Å². The molecular formula is C21H23N3O5S. The van der Waals surface area contributed by atoms with Crippen LogP contribution in [0.1, 0.15) is 16.2 Å². The molecule has 0 saturated carbocycles. The summed E-state index contributed by atoms with van der Waals surface area (Å²) < 4.78 is 38.8. The number of para-hydroxylation sites is 2. The molecule has 0 aliphatic carbocycles. The van der Waals surface area contributed by atoms with Crippen LogP contribution in [0.15, 0.2) is 53.4 Å². The zero-order valence-electron chi connectivity index (χ0n) is 16.7. The number of benzene rings is 2. The Morgan fingerprint density at radius 3 is 2.57 bits per heavy atom. The van der Waals surface area contributed by atoms with Crippen LogP contribution in [0.25, 0.3) is 11.0 Å². The Hall–Kier alpha value is -2.75. The third kappa shape index (κ3) is 3.83. The molecular weight excluding hydrogens is 406 g/mol. The Morgan fingerprint density at radius 1 is 1.10 bits per heavy atom. The van der Waals surface area contributed by atoms with E-state index in [0.717, 1.165) is 13.1 Å². The molecule has 1 fully saturated rings. The summed E-state index contributed by atoms with van der Waals surface area (Å²) in [5, 5.41) is 0. The first-order valence-electron chi connectivity index (χ1n) is 9.72. The summed E-state index contributed by atoms with van der Waals surface area (Å²) in [6.07, 6.45) is 0.453. The van der Waals surface area contributed by atoms with E-state index < -0.39 is 16.0 Å². The van der Waals surface area contributed by atoms with E-state index in [0.29, 0.717) is 43.0 Å². The highest BCUT2D eigenvalue weighted by Crippen LogP contribution is 2.26. The van der Waals surface area contributed by atoms with E-state index in [1.54, 1.807) is 30.3 Å². The number of hydrogen-bond acceptors (Lipinski definition) is 7. The molecule has 30 heavy (non-hydrogen) atoms. The maximum atomic E-state index is 13.7. The third-order valence-electron chi connectivity index (χ3n) is 5.15. The fourth-order valence-electron chi connectivity index (χ4n) is 3.63. The predicted octanol–water partition coefficient (Wildman–Crippen LogP) is 1.93. The molecule has 0 unspecified atom stereocenters. The maximum Gasteiger partial charge on any atom is 0.339 e. The number of carbonyl (C=O) groups is 1. The molecule has 0 radical (unpaired) electrons. The number of rotatable bonds is 6. The van der Waals surface area contributed by atoms with Crippen molar-refractivity contribution < 1.29 is 22.7 Å². The van der Waals surface area contributed by atoms with Gasteiger partial charge in [0.2, 0.25) is 0 Å². The van der Waals surface area contributed by atoms with Crippen LogP contribution in [0.5, 0.6) is 0 Å². The summed E-state index contributed by atoms with van der Waals surface area (Å²) in [6.45, 7) is 3.61. The smallest absolute Gasteiger partial charge is 0.339 e. The third-order valence-corrected chi connectivity index (χ3v) is 6.95. The Morgan fingerprint density at radius 2 is 1.80 bits per heavy atom. The Balaban J connectivity index is 1.80. The molecule has 1 saturated heterocycles. The number of imidazole rings is 1. The zero-order valence-corrected chi connectivity index (χ0v) is 17.5. The van der Waals surface area contributed by atoms with Gasteiger partial charge in [0.25, 0.3) is 10.0 Å². The van der Waals surface area contributed by atoms with Gasteiger partial charge >= 0.3 is 5.97 Å². The molecule has 0 atom stereocenters. The standard InChI is InChI=1S/C21H23N3O5S/c1-28-21(25)16-6-2-5-9-19(16)30(26,27)24-18-8-4-3-7-17(18)22-20(24)10-11-23-12-14-29-15-13-23/h2-9H,10-15H2,1H3. The minimum atomic E-state index is -4.08. The summed E-state index contributed by atoms with van der Waals surface area (Å²) in [6, 6.07) is 13.2. The Kier molecular flexibility index (Phi) is 5.85. The van der Waals surface area contributed by atoms with E-state index in [2.05, 4.69) is 9.88 Å². The molecule has 0 spiro atoms. The lowest BCUT2D eigenvalue weighted by molar-refractivity contribution is 0.0382. The van der Waals surface area contributed by atoms with Crippen molar-refractivity contribution in [3.63, 3.8) is 0 Å². The minimum Gasteiger partial charge on any atom is -0.465 e. The first-order valence-corrected chi connectivity index (χ1v) is 11.2. The van der Waals surface area contributed by atoms with Gasteiger partial charge in [-0.1, -0.05) is 24.3 Å². The van der Waals surface area contributed by atoms with Crippen LogP contribution in [0.2, 0.25) is 0 Å². The fourth-order valence-corrected chi connectivity index (χ4v) is 5.33. The molecule has 3 aromatic rings. The molecule has 158 valence electrons. The van der Waals surface area contributed by atoms with Crippen molar-refractivity contribution in [3.8, 4) is 0 Å². The van der Waals surface area contributed by atoms with Crippen LogP contribution >= 0.6 is 0 Å². The van der Waals surface area contributed by atoms with Crippen molar-refractivity contribution in [2.45, 2.75) is 11.3 Å². The van der Waals surface area contributed by atoms with Gasteiger partial charge in [0, 0.05) is 26.1 Å². The second kappa shape index (κ2) is 8.55. The van der Waals surface area contributed by atoms with Gasteiger partial charge in [0.1, 0.15) is 10.7 Å². The van der Waals surface area contributed by atoms with E-state index in [4.69, 9.17) is 9.47 Å². The first kappa shape index (κ1) is 20.5. The van der Waals surface area contributed by atoms with Gasteiger partial charge < -0.3 is 9.47 Å². The van der Waals surface area contributed by atoms with Gasteiger partial charge in [-0.3, -0.25) is 4.90 Å². The molecule has 9 heteroatoms. The second-order valence-corrected chi connectivity index (χ2v) is 8.73. The average molecular weight is 429 g/mol. The highest BCUT2D eigenvalue weighted by molar-refractivity contribution is 7.90. The zero-order chi connectivity index (χ0) is 21.1. The van der Waals surface area contributed by atoms with Gasteiger partial charge in [-0.15, -0.1) is 0 Å². The Bertz CT molecular complexity index is 1170. The SMILES string of the molecule is COC(=O)c1ccccc1S(=O)(=O)n1c(CCN2CCOCC2)nc2ccccc21. The molecule has 0 N–H and O–H groups in total. The lowest BCUT2D eigenvalue weighted by Crippen LogP contribution is -2.37. The Labute approximate surface area is 175 Å². The number of methoxy groups -OCH3 is 1. The number of morpholine rings is 1. The molecule has 2 aromatic carbocycles. The van der Waals surface area contributed by atoms with E-state index in [9.17, 15) is 13.2 Å². The quantitative estimate of drug-likeness (QED) is 0.553. The largest absolute Gasteiger partial charge is 0.465 e. The fraction of sp³-hybridized carbons (Fsp3) is 0.333. The monoisotopic (exact) mass is 429 g/mol. The summed E-state index contributed by atoms with van der Waals surface area (Å²) in [4.78, 5) is 18.9. The number of nitrogens with zero attached hydrogens (tertiary/aromatic N) is 3. The van der Waals surface area contributed by atoms with E-state index in [1.807, 2.05) is 6.07 Å². The molecule has 0 amide bonds. The van der Waals surface area contributed by atoms with Gasteiger partial charge in [-0.25, -0.2) is 22.2 Å². The van der Waals surface area contributed by atoms with Gasteiger partial charge in [0.15, 0.2) is 0 Å². The van der Waals surface area contributed by atoms with Crippen molar-refractivity contribution in [2.24, 2.45) is 0 Å². The molecule has 1 aliphatic heterocycles. The van der Waals surface area contributed by atoms with Crippen molar-refractivity contribution in [3.05, 3.63) is 59.9 Å². The summed E-state index contributed by atoms with van der Waals surface area (Å²) in [7, 11) is -2.85. The second-order valence-electron chi connectivity index (χ2n) is 6.98. The number of hydrogen-bond donors (Lipinski definition) is 0. The molecule has 0 bridgehead atoms. The van der Waals surface area contributed by atoms with Gasteiger partial charge in [-0.05, 0) is 24.3 Å². The van der Waals surface area contributed by atoms with Crippen LogP contribution in [0, 0.1) is 0 Å². The van der Waals surface area contributed by atoms with Crippen LogP contribution < -0.4 is 0 Å². The summed E-state index contributed by atoms with van der Waals surface area (Å²) >= 11 is 0. The van der Waals surface area contributed by atoms with Crippen LogP contribution in [-0.4, -0.2) is 68.2 Å². The normalized spacial score (nSPS) is 15.4. The van der Waals surface area contributed by atoms with E-state index in [-0.39, 0.29) is 10.5 Å². The van der Waals surface area contributed by atoms with Crippen molar-refractivity contribution in [1.82, 2.24) is 13.9 Å². The van der Waals surface area contributed by atoms with Crippen molar-refractivity contribution in [2.75, 3.05) is 40.0 Å². The van der Waals surface area contributed by atoms with E-state index >= 15 is 0 Å². The number of ether oxygens (including phenoxy) is 2. The molecule has 2 heterocycles. The number of aromatic nitrogens is 2. The van der Waals surface area contributed by atoms with Crippen LogP contribution in [0.3, 0.4) is 0 Å². The van der Waals surface area contributed by atoms with Crippen molar-refractivity contribution in [1.29, 1.82) is 0 Å². The average Bonchev–Trinajstić information content (AvgIpc) is 3.17. The topological polar surface area (TPSA) is 90.7 Å². The number of carbonyl (C=O) groups excluding carboxylic acids is 1. The van der Waals surface area contributed by atoms with Crippen molar-refractivity contribution >= 4 is 27.0 Å². The molecule has 8 nitrogen and oxygen atoms in total. The lowest BCUT2D eigenvalue weighted by Gasteiger charge is -2.26. The summed E-state index contributed by atoms with van der Waals surface area (Å²) in [5.41, 5.74) is 1.07. The molecule has 1 aliphatic rings. The minimum absolute atomic E-state index is 0.00286. The van der Waals surface area contributed by atoms with Gasteiger partial charge in [0.05, 0.1) is 36.9 Å². The molecule has 1 aromatic heterocycles. The number of esters is 1. The predicted molar refractivity (Wildman–Crippen MR) is 111 cm³/mol. The van der Waals surface area contributed by atoms with Crippen LogP contribution in [0.4, 0.5) is 0 Å².